The summed E-state index contributed by atoms with van der Waals surface area (Å²) in [5.74, 6) is 7.00. The van der Waals surface area contributed by atoms with E-state index in [1.165, 1.54) is 0 Å². The monoisotopic (exact) mass is 441 g/mol. The molecule has 1 amide bonds. The molecule has 0 radical (unpaired) electrons. The number of hydrogen-bond donors (Lipinski definition) is 2. The zero-order valence-electron chi connectivity index (χ0n) is 19.2. The molecule has 0 spiro atoms. The number of carbonyl (C=O) groups is 1. The summed E-state index contributed by atoms with van der Waals surface area (Å²) in [6.07, 6.45) is 6.12. The topological polar surface area (TPSA) is 65.5 Å². The molecule has 3 aromatic rings. The maximum Gasteiger partial charge on any atom is 0.259 e. The number of rotatable bonds is 6. The van der Waals surface area contributed by atoms with Crippen molar-refractivity contribution in [3.8, 4) is 11.8 Å². The van der Waals surface area contributed by atoms with Gasteiger partial charge in [0.2, 0.25) is 0 Å². The molecule has 1 saturated heterocycles. The van der Waals surface area contributed by atoms with Gasteiger partial charge in [-0.15, -0.1) is 0 Å². The van der Waals surface area contributed by atoms with Crippen LogP contribution in [-0.2, 0) is 0 Å². The van der Waals surface area contributed by atoms with E-state index in [4.69, 9.17) is 10.1 Å². The first-order valence-electron chi connectivity index (χ1n) is 11.8. The van der Waals surface area contributed by atoms with Crippen molar-refractivity contribution in [3.05, 3.63) is 71.4 Å². The Labute approximate surface area is 195 Å². The highest BCUT2D eigenvalue weighted by molar-refractivity contribution is 6.10. The molecular weight excluding hydrogens is 410 g/mol. The van der Waals surface area contributed by atoms with Crippen LogP contribution in [0.2, 0.25) is 0 Å². The minimum atomic E-state index is -0.0455. The van der Waals surface area contributed by atoms with Crippen molar-refractivity contribution in [1.29, 1.82) is 0 Å². The van der Waals surface area contributed by atoms with E-state index in [9.17, 15) is 4.79 Å². The van der Waals surface area contributed by atoms with Gasteiger partial charge < -0.3 is 10.4 Å². The van der Waals surface area contributed by atoms with Crippen LogP contribution in [0.3, 0.4) is 0 Å². The zero-order chi connectivity index (χ0) is 23.0. The fraction of sp³-hybridized carbons (Fsp3) is 0.357. The van der Waals surface area contributed by atoms with E-state index in [-0.39, 0.29) is 18.6 Å². The summed E-state index contributed by atoms with van der Waals surface area (Å²) >= 11 is 0. The number of carbonyl (C=O) groups excluding carboxylic acids is 1. The van der Waals surface area contributed by atoms with E-state index in [1.807, 2.05) is 41.3 Å². The average molecular weight is 442 g/mol. The number of aliphatic hydroxyl groups is 1. The maximum absolute atomic E-state index is 13.9. The molecule has 1 aliphatic rings. The van der Waals surface area contributed by atoms with Gasteiger partial charge in [0.05, 0.1) is 6.04 Å². The number of benzene rings is 2. The number of piperidine rings is 1. The minimum Gasteiger partial charge on any atom is -0.396 e. The van der Waals surface area contributed by atoms with Crippen molar-refractivity contribution in [2.45, 2.75) is 45.1 Å². The van der Waals surface area contributed by atoms with E-state index in [0.717, 1.165) is 72.9 Å². The van der Waals surface area contributed by atoms with Crippen LogP contribution in [0.4, 0.5) is 5.82 Å². The van der Waals surface area contributed by atoms with E-state index >= 15 is 0 Å². The van der Waals surface area contributed by atoms with Gasteiger partial charge in [-0.2, -0.15) is 0 Å². The van der Waals surface area contributed by atoms with Crippen LogP contribution < -0.4 is 10.2 Å². The number of aryl methyl sites for hydroxylation is 1. The van der Waals surface area contributed by atoms with E-state index < -0.39 is 0 Å². The number of aromatic nitrogens is 1. The van der Waals surface area contributed by atoms with Crippen molar-refractivity contribution in [2.75, 3.05) is 24.6 Å². The molecule has 2 heterocycles. The number of nitrogens with one attached hydrogen (secondary N) is 1. The second-order valence-electron chi connectivity index (χ2n) is 8.55. The molecule has 5 heteroatoms. The predicted molar refractivity (Wildman–Crippen MR) is 133 cm³/mol. The van der Waals surface area contributed by atoms with Gasteiger partial charge in [-0.05, 0) is 74.4 Å². The van der Waals surface area contributed by atoms with Gasteiger partial charge in [0.1, 0.15) is 5.82 Å². The molecule has 0 saturated carbocycles. The van der Waals surface area contributed by atoms with Crippen LogP contribution in [0, 0.1) is 18.8 Å². The summed E-state index contributed by atoms with van der Waals surface area (Å²) in [5.41, 5.74) is 2.56. The summed E-state index contributed by atoms with van der Waals surface area (Å²) in [5, 5.41) is 14.5. The largest absolute Gasteiger partial charge is 0.396 e. The quantitative estimate of drug-likeness (QED) is 0.438. The summed E-state index contributed by atoms with van der Waals surface area (Å²) in [4.78, 5) is 20.6. The fourth-order valence-electron chi connectivity index (χ4n) is 4.42. The second kappa shape index (κ2) is 11.1. The molecule has 0 unspecified atom stereocenters. The fourth-order valence-corrected chi connectivity index (χ4v) is 4.42. The average Bonchev–Trinajstić information content (AvgIpc) is 2.85. The standard InChI is InChI=1S/C28H31N3O2/c1-21-9-6-12-23-15-17-30-27(26(21)23)31(25-14-8-16-29-20-25)28(33)24-13-7-11-22(19-24)10-4-2-3-5-18-32/h6-7,9,11-13,15,17,19,25,29,32H,2-3,5,8,14,16,18,20H2,1H3/t25-/m1/s1. The molecule has 1 atom stereocenters. The molecule has 1 fully saturated rings. The number of fused-ring (bicyclic) bond motifs is 1. The van der Waals surface area contributed by atoms with Crippen LogP contribution in [0.25, 0.3) is 10.8 Å². The van der Waals surface area contributed by atoms with Gasteiger partial charge in [0.15, 0.2) is 0 Å². The molecule has 1 aromatic heterocycles. The number of amides is 1. The van der Waals surface area contributed by atoms with Gasteiger partial charge in [0, 0.05) is 42.3 Å². The number of anilines is 1. The molecule has 5 nitrogen and oxygen atoms in total. The molecule has 170 valence electrons. The van der Waals surface area contributed by atoms with Crippen LogP contribution in [0.1, 0.15) is 53.6 Å². The molecular formula is C28H31N3O2. The summed E-state index contributed by atoms with van der Waals surface area (Å²) in [7, 11) is 0. The molecule has 0 bridgehead atoms. The van der Waals surface area contributed by atoms with Gasteiger partial charge in [-0.25, -0.2) is 4.98 Å². The Kier molecular flexibility index (Phi) is 7.72. The summed E-state index contributed by atoms with van der Waals surface area (Å²) in [6.45, 7) is 3.99. The molecule has 2 aromatic carbocycles. The van der Waals surface area contributed by atoms with Gasteiger partial charge in [-0.3, -0.25) is 9.69 Å². The molecule has 1 aliphatic heterocycles. The van der Waals surface area contributed by atoms with Crippen LogP contribution in [0.5, 0.6) is 0 Å². The van der Waals surface area contributed by atoms with E-state index in [1.54, 1.807) is 6.20 Å². The Morgan fingerprint density at radius 3 is 2.91 bits per heavy atom. The van der Waals surface area contributed by atoms with Crippen molar-refractivity contribution in [1.82, 2.24) is 10.3 Å². The SMILES string of the molecule is Cc1cccc2ccnc(N(C(=O)c3cccc(C#CCCCCO)c3)[C@@H]3CCCNC3)c12. The first-order valence-corrected chi connectivity index (χ1v) is 11.8. The first kappa shape index (κ1) is 23.0. The Bertz CT molecular complexity index is 1170. The van der Waals surface area contributed by atoms with Crippen LogP contribution in [0.15, 0.2) is 54.7 Å². The molecule has 2 N–H and O–H groups in total. The van der Waals surface area contributed by atoms with Crippen molar-refractivity contribution >= 4 is 22.5 Å². The third-order valence-electron chi connectivity index (χ3n) is 6.11. The highest BCUT2D eigenvalue weighted by Crippen LogP contribution is 2.31. The van der Waals surface area contributed by atoms with Crippen LogP contribution >= 0.6 is 0 Å². The lowest BCUT2D eigenvalue weighted by Crippen LogP contribution is -2.49. The van der Waals surface area contributed by atoms with Gasteiger partial charge in [0.25, 0.3) is 5.91 Å². The number of nitrogens with zero attached hydrogens (tertiary/aromatic N) is 2. The Morgan fingerprint density at radius 1 is 1.21 bits per heavy atom. The maximum atomic E-state index is 13.9. The zero-order valence-corrected chi connectivity index (χ0v) is 19.2. The lowest BCUT2D eigenvalue weighted by atomic mass is 10.0. The predicted octanol–water partition coefficient (Wildman–Crippen LogP) is 4.46. The summed E-state index contributed by atoms with van der Waals surface area (Å²) in [6, 6.07) is 15.8. The Balaban J connectivity index is 1.71. The number of pyridine rings is 1. The highest BCUT2D eigenvalue weighted by Gasteiger charge is 2.30. The smallest absolute Gasteiger partial charge is 0.259 e. The van der Waals surface area contributed by atoms with Crippen molar-refractivity contribution < 1.29 is 9.90 Å². The van der Waals surface area contributed by atoms with Crippen molar-refractivity contribution in [2.24, 2.45) is 0 Å². The lowest BCUT2D eigenvalue weighted by molar-refractivity contribution is 0.0971. The van der Waals surface area contributed by atoms with Gasteiger partial charge in [-0.1, -0.05) is 36.1 Å². The Hall–Kier alpha value is -3.20. The number of hydrogen-bond acceptors (Lipinski definition) is 4. The van der Waals surface area contributed by atoms with Crippen LogP contribution in [-0.4, -0.2) is 41.7 Å². The third-order valence-corrected chi connectivity index (χ3v) is 6.11. The number of unbranched alkanes of at least 4 members (excludes halogenated alkanes) is 2. The second-order valence-corrected chi connectivity index (χ2v) is 8.55. The van der Waals surface area contributed by atoms with Crippen molar-refractivity contribution in [3.63, 3.8) is 0 Å². The lowest BCUT2D eigenvalue weighted by Gasteiger charge is -2.35. The summed E-state index contributed by atoms with van der Waals surface area (Å²) < 4.78 is 0. The number of aliphatic hydroxyl groups excluding tert-OH is 1. The first-order chi connectivity index (χ1) is 16.2. The minimum absolute atomic E-state index is 0.0391. The molecule has 33 heavy (non-hydrogen) atoms. The van der Waals surface area contributed by atoms with E-state index in [2.05, 4.69) is 36.2 Å². The third kappa shape index (κ3) is 5.42. The Morgan fingerprint density at radius 2 is 2.09 bits per heavy atom. The van der Waals surface area contributed by atoms with E-state index in [0.29, 0.717) is 5.56 Å². The highest BCUT2D eigenvalue weighted by atomic mass is 16.2. The van der Waals surface area contributed by atoms with Gasteiger partial charge >= 0.3 is 0 Å². The molecule has 0 aliphatic carbocycles. The normalized spacial score (nSPS) is 15.6. The molecule has 4 rings (SSSR count).